The smallest absolute Gasteiger partial charge is 0.250 e. The lowest BCUT2D eigenvalue weighted by molar-refractivity contribution is -0.0760. The first-order valence-electron chi connectivity index (χ1n) is 7.48. The molecule has 0 bridgehead atoms. The van der Waals surface area contributed by atoms with E-state index in [0.717, 1.165) is 25.9 Å². The number of ether oxygens (including phenoxy) is 1. The lowest BCUT2D eigenvalue weighted by Crippen LogP contribution is -2.32. The number of hydrogen-bond donors (Lipinski definition) is 1. The Labute approximate surface area is 140 Å². The molecular weight excluding hydrogens is 334 g/mol. The predicted molar refractivity (Wildman–Crippen MR) is 87.5 cm³/mol. The number of sulfonamides is 1. The summed E-state index contributed by atoms with van der Waals surface area (Å²) >= 11 is 1.19. The van der Waals surface area contributed by atoms with E-state index < -0.39 is 15.6 Å². The van der Waals surface area contributed by atoms with Gasteiger partial charge in [-0.1, -0.05) is 6.07 Å². The van der Waals surface area contributed by atoms with Gasteiger partial charge in [-0.25, -0.2) is 23.1 Å². The molecule has 0 spiro atoms. The van der Waals surface area contributed by atoms with E-state index in [9.17, 15) is 8.42 Å². The summed E-state index contributed by atoms with van der Waals surface area (Å²) in [5.41, 5.74) is 0.279. The van der Waals surface area contributed by atoms with Crippen LogP contribution in [0.2, 0.25) is 0 Å². The molecule has 0 radical (unpaired) electrons. The Morgan fingerprint density at radius 3 is 2.74 bits per heavy atom. The van der Waals surface area contributed by atoms with Crippen LogP contribution in [0, 0.1) is 0 Å². The van der Waals surface area contributed by atoms with Crippen LogP contribution in [-0.4, -0.2) is 25.0 Å². The van der Waals surface area contributed by atoms with Gasteiger partial charge in [-0.2, -0.15) is 0 Å². The molecule has 23 heavy (non-hydrogen) atoms. The van der Waals surface area contributed by atoms with Crippen LogP contribution in [0.25, 0.3) is 0 Å². The van der Waals surface area contributed by atoms with E-state index in [4.69, 9.17) is 4.74 Å². The number of thiophene rings is 1. The summed E-state index contributed by atoms with van der Waals surface area (Å²) < 4.78 is 32.8. The van der Waals surface area contributed by atoms with Crippen LogP contribution in [-0.2, 0) is 26.9 Å². The zero-order valence-corrected chi connectivity index (χ0v) is 14.5. The maximum Gasteiger partial charge on any atom is 0.250 e. The Kier molecular flexibility index (Phi) is 4.77. The van der Waals surface area contributed by atoms with E-state index in [1.165, 1.54) is 11.3 Å². The highest BCUT2D eigenvalue weighted by atomic mass is 32.2. The molecule has 1 aliphatic heterocycles. The fourth-order valence-electron chi connectivity index (χ4n) is 2.50. The van der Waals surface area contributed by atoms with Crippen LogP contribution >= 0.6 is 11.3 Å². The third-order valence-corrected chi connectivity index (χ3v) is 6.67. The van der Waals surface area contributed by atoms with Crippen LogP contribution in [0.4, 0.5) is 0 Å². The van der Waals surface area contributed by atoms with Crippen LogP contribution in [0.15, 0.2) is 34.1 Å². The highest BCUT2D eigenvalue weighted by Gasteiger charge is 2.32. The van der Waals surface area contributed by atoms with Gasteiger partial charge in [0, 0.05) is 31.1 Å². The van der Waals surface area contributed by atoms with Gasteiger partial charge in [-0.15, -0.1) is 11.3 Å². The fourth-order valence-corrected chi connectivity index (χ4v) is 4.55. The normalized spacial score (nSPS) is 22.1. The molecule has 1 aliphatic rings. The first kappa shape index (κ1) is 16.5. The topological polar surface area (TPSA) is 81.2 Å². The van der Waals surface area contributed by atoms with Crippen molar-refractivity contribution >= 4 is 21.4 Å². The second-order valence-electron chi connectivity index (χ2n) is 5.71. The highest BCUT2D eigenvalue weighted by molar-refractivity contribution is 7.91. The van der Waals surface area contributed by atoms with Crippen molar-refractivity contribution in [3.8, 4) is 0 Å². The molecule has 3 rings (SSSR count). The highest BCUT2D eigenvalue weighted by Crippen LogP contribution is 2.32. The van der Waals surface area contributed by atoms with Gasteiger partial charge in [0.1, 0.15) is 9.81 Å². The molecular formula is C15H19N3O3S2. The van der Waals surface area contributed by atoms with Crippen molar-refractivity contribution in [1.82, 2.24) is 14.7 Å². The zero-order valence-electron chi connectivity index (χ0n) is 12.9. The Morgan fingerprint density at radius 1 is 1.35 bits per heavy atom. The van der Waals surface area contributed by atoms with Crippen LogP contribution in [0.1, 0.15) is 37.6 Å². The van der Waals surface area contributed by atoms with Gasteiger partial charge in [0.05, 0.1) is 0 Å². The van der Waals surface area contributed by atoms with Gasteiger partial charge in [0.25, 0.3) is 0 Å². The molecule has 1 saturated heterocycles. The minimum Gasteiger partial charge on any atom is -0.367 e. The van der Waals surface area contributed by atoms with E-state index in [1.807, 2.05) is 6.92 Å². The summed E-state index contributed by atoms with van der Waals surface area (Å²) in [7, 11) is -3.47. The van der Waals surface area contributed by atoms with Crippen molar-refractivity contribution in [2.45, 2.75) is 42.5 Å². The Hall–Kier alpha value is -1.35. The van der Waals surface area contributed by atoms with Crippen LogP contribution in [0.3, 0.4) is 0 Å². The Morgan fingerprint density at radius 2 is 2.13 bits per heavy atom. The van der Waals surface area contributed by atoms with Gasteiger partial charge in [-0.3, -0.25) is 0 Å². The van der Waals surface area contributed by atoms with E-state index >= 15 is 0 Å². The van der Waals surface area contributed by atoms with E-state index in [2.05, 4.69) is 14.7 Å². The third-order valence-electron chi connectivity index (χ3n) is 3.87. The monoisotopic (exact) mass is 353 g/mol. The molecule has 0 amide bonds. The molecule has 124 valence electrons. The fraction of sp³-hybridized carbons (Fsp3) is 0.467. The summed E-state index contributed by atoms with van der Waals surface area (Å²) in [6, 6.07) is 3.29. The zero-order chi connectivity index (χ0) is 16.3. The van der Waals surface area contributed by atoms with Gasteiger partial charge < -0.3 is 4.74 Å². The van der Waals surface area contributed by atoms with Gasteiger partial charge in [0.2, 0.25) is 10.0 Å². The molecule has 0 aliphatic carbocycles. The maximum absolute atomic E-state index is 12.1. The molecule has 1 fully saturated rings. The molecule has 6 nitrogen and oxygen atoms in total. The van der Waals surface area contributed by atoms with Crippen molar-refractivity contribution in [2.24, 2.45) is 0 Å². The van der Waals surface area contributed by atoms with E-state index in [0.29, 0.717) is 15.6 Å². The molecule has 1 atom stereocenters. The predicted octanol–water partition coefficient (Wildman–Crippen LogP) is 2.43. The molecule has 0 aromatic carbocycles. The number of rotatable bonds is 5. The van der Waals surface area contributed by atoms with Crippen molar-refractivity contribution in [2.75, 3.05) is 6.61 Å². The standard InChI is InChI=1S/C15H19N3O3S2/c1-15(6-2-3-7-21-15)14-16-9-12(10-17-14)11-18-23(19,20)13-5-4-8-22-13/h4-5,8-10,18H,2-3,6-7,11H2,1H3/t15-/m1/s1. The third kappa shape index (κ3) is 3.77. The van der Waals surface area contributed by atoms with Crippen molar-refractivity contribution in [3.05, 3.63) is 41.3 Å². The molecule has 3 heterocycles. The SMILES string of the molecule is C[C@]1(c2ncc(CNS(=O)(=O)c3cccs3)cn2)CCCCO1. The van der Waals surface area contributed by atoms with Crippen molar-refractivity contribution < 1.29 is 13.2 Å². The number of nitrogens with one attached hydrogen (secondary N) is 1. The van der Waals surface area contributed by atoms with E-state index in [-0.39, 0.29) is 6.54 Å². The average Bonchev–Trinajstić information content (AvgIpc) is 3.10. The van der Waals surface area contributed by atoms with Crippen molar-refractivity contribution in [1.29, 1.82) is 0 Å². The average molecular weight is 353 g/mol. The first-order chi connectivity index (χ1) is 11.0. The summed E-state index contributed by atoms with van der Waals surface area (Å²) in [6.07, 6.45) is 6.38. The maximum atomic E-state index is 12.1. The second-order valence-corrected chi connectivity index (χ2v) is 8.65. The van der Waals surface area contributed by atoms with E-state index in [1.54, 1.807) is 29.9 Å². The minimum absolute atomic E-state index is 0.165. The van der Waals surface area contributed by atoms with Gasteiger partial charge in [-0.05, 0) is 37.6 Å². The van der Waals surface area contributed by atoms with Crippen LogP contribution in [0.5, 0.6) is 0 Å². The lowest BCUT2D eigenvalue weighted by Gasteiger charge is -2.32. The lowest BCUT2D eigenvalue weighted by atomic mass is 9.95. The second kappa shape index (κ2) is 6.64. The number of aromatic nitrogens is 2. The number of hydrogen-bond acceptors (Lipinski definition) is 6. The van der Waals surface area contributed by atoms with Crippen LogP contribution < -0.4 is 4.72 Å². The molecule has 0 saturated carbocycles. The Bertz CT molecular complexity index is 737. The largest absolute Gasteiger partial charge is 0.367 e. The molecule has 2 aromatic rings. The van der Waals surface area contributed by atoms with Gasteiger partial charge >= 0.3 is 0 Å². The molecule has 2 aromatic heterocycles. The molecule has 8 heteroatoms. The van der Waals surface area contributed by atoms with Gasteiger partial charge in [0.15, 0.2) is 5.82 Å². The molecule has 0 unspecified atom stereocenters. The van der Waals surface area contributed by atoms with Crippen molar-refractivity contribution in [3.63, 3.8) is 0 Å². The first-order valence-corrected chi connectivity index (χ1v) is 9.84. The summed E-state index contributed by atoms with van der Waals surface area (Å²) in [5.74, 6) is 0.655. The summed E-state index contributed by atoms with van der Waals surface area (Å²) in [6.45, 7) is 2.89. The summed E-state index contributed by atoms with van der Waals surface area (Å²) in [5, 5.41) is 1.73. The Balaban J connectivity index is 1.66. The molecule has 1 N–H and O–H groups in total. The number of nitrogens with zero attached hydrogens (tertiary/aromatic N) is 2. The minimum atomic E-state index is -3.47. The summed E-state index contributed by atoms with van der Waals surface area (Å²) in [4.78, 5) is 8.74. The quantitative estimate of drug-likeness (QED) is 0.893.